The van der Waals surface area contributed by atoms with Crippen molar-refractivity contribution < 1.29 is 4.79 Å². The van der Waals surface area contributed by atoms with Crippen molar-refractivity contribution in [2.45, 2.75) is 6.04 Å². The molecule has 0 unspecified atom stereocenters. The van der Waals surface area contributed by atoms with Gasteiger partial charge in [0.2, 0.25) is 5.91 Å². The van der Waals surface area contributed by atoms with Crippen LogP contribution in [0.15, 0.2) is 48.7 Å². The third-order valence-corrected chi connectivity index (χ3v) is 5.23. The number of benzene rings is 1. The molecule has 0 spiro atoms. The van der Waals surface area contributed by atoms with Gasteiger partial charge in [-0.15, -0.1) is 0 Å². The molecule has 1 aromatic carbocycles. The van der Waals surface area contributed by atoms with Gasteiger partial charge in [-0.25, -0.2) is 4.98 Å². The highest BCUT2D eigenvalue weighted by Crippen LogP contribution is 2.26. The first-order valence-corrected chi connectivity index (χ1v) is 8.96. The van der Waals surface area contributed by atoms with E-state index < -0.39 is 0 Å². The molecule has 0 aliphatic carbocycles. The fraction of sp³-hybridized carbons (Fsp3) is 0.316. The van der Waals surface area contributed by atoms with E-state index in [0.717, 1.165) is 48.9 Å². The van der Waals surface area contributed by atoms with E-state index in [-0.39, 0.29) is 11.9 Å². The summed E-state index contributed by atoms with van der Waals surface area (Å²) in [5.74, 6) is 1.10. The van der Waals surface area contributed by atoms with Crippen LogP contribution in [0.5, 0.6) is 0 Å². The van der Waals surface area contributed by atoms with Crippen molar-refractivity contribution in [3.8, 4) is 11.3 Å². The Kier molecular flexibility index (Phi) is 3.60. The van der Waals surface area contributed by atoms with Gasteiger partial charge in [-0.1, -0.05) is 30.3 Å². The van der Waals surface area contributed by atoms with Crippen molar-refractivity contribution >= 4 is 17.4 Å². The monoisotopic (exact) mass is 348 g/mol. The minimum Gasteiger partial charge on any atom is -0.353 e. The molecule has 132 valence electrons. The summed E-state index contributed by atoms with van der Waals surface area (Å²) in [6, 6.07) is 14.0. The zero-order chi connectivity index (χ0) is 17.5. The summed E-state index contributed by atoms with van der Waals surface area (Å²) in [6.45, 7) is 4.08. The van der Waals surface area contributed by atoms with Gasteiger partial charge in [0.05, 0.1) is 11.9 Å². The molecule has 2 aliphatic rings. The van der Waals surface area contributed by atoms with E-state index in [2.05, 4.69) is 38.4 Å². The van der Waals surface area contributed by atoms with Crippen LogP contribution in [0.2, 0.25) is 0 Å². The highest BCUT2D eigenvalue weighted by Gasteiger charge is 2.35. The van der Waals surface area contributed by atoms with Gasteiger partial charge >= 0.3 is 0 Å². The number of piperazine rings is 2. The minimum atomic E-state index is -0.101. The van der Waals surface area contributed by atoms with Crippen LogP contribution in [0.4, 0.5) is 5.82 Å². The molecular formula is C19H20N6O. The molecule has 0 radical (unpaired) electrons. The third kappa shape index (κ3) is 2.52. The van der Waals surface area contributed by atoms with E-state index in [0.29, 0.717) is 6.54 Å². The number of rotatable bonds is 2. The fourth-order valence-corrected chi connectivity index (χ4v) is 3.86. The summed E-state index contributed by atoms with van der Waals surface area (Å²) in [7, 11) is 0. The van der Waals surface area contributed by atoms with E-state index in [9.17, 15) is 4.79 Å². The average molecular weight is 348 g/mol. The lowest BCUT2D eigenvalue weighted by molar-refractivity contribution is -0.129. The molecule has 3 aromatic rings. The number of hydrogen-bond donors (Lipinski definition) is 1. The summed E-state index contributed by atoms with van der Waals surface area (Å²) in [5.41, 5.74) is 2.81. The van der Waals surface area contributed by atoms with E-state index in [4.69, 9.17) is 4.98 Å². The van der Waals surface area contributed by atoms with Crippen molar-refractivity contribution in [3.05, 3.63) is 48.7 Å². The predicted octanol–water partition coefficient (Wildman–Crippen LogP) is 1.02. The van der Waals surface area contributed by atoms with Gasteiger partial charge in [-0.3, -0.25) is 9.69 Å². The van der Waals surface area contributed by atoms with Gasteiger partial charge in [0, 0.05) is 50.4 Å². The zero-order valence-corrected chi connectivity index (χ0v) is 14.4. The Labute approximate surface area is 151 Å². The molecule has 1 atom stereocenters. The van der Waals surface area contributed by atoms with E-state index in [1.165, 1.54) is 0 Å². The van der Waals surface area contributed by atoms with Gasteiger partial charge in [0.25, 0.3) is 0 Å². The maximum absolute atomic E-state index is 12.3. The van der Waals surface area contributed by atoms with Crippen LogP contribution >= 0.6 is 0 Å². The van der Waals surface area contributed by atoms with Crippen LogP contribution in [0.25, 0.3) is 16.9 Å². The number of nitrogens with one attached hydrogen (secondary N) is 1. The Hall–Kier alpha value is -2.93. The zero-order valence-electron chi connectivity index (χ0n) is 14.4. The Morgan fingerprint density at radius 1 is 1.08 bits per heavy atom. The molecule has 2 aromatic heterocycles. The topological polar surface area (TPSA) is 65.8 Å². The van der Waals surface area contributed by atoms with Crippen LogP contribution in [0.3, 0.4) is 0 Å². The van der Waals surface area contributed by atoms with Crippen LogP contribution < -0.4 is 10.2 Å². The molecule has 1 N–H and O–H groups in total. The van der Waals surface area contributed by atoms with Gasteiger partial charge in [0.1, 0.15) is 11.9 Å². The van der Waals surface area contributed by atoms with Gasteiger partial charge in [0.15, 0.2) is 5.65 Å². The molecule has 4 heterocycles. The van der Waals surface area contributed by atoms with Gasteiger partial charge < -0.3 is 10.2 Å². The smallest absolute Gasteiger partial charge is 0.239 e. The predicted molar refractivity (Wildman–Crippen MR) is 99.0 cm³/mol. The maximum Gasteiger partial charge on any atom is 0.239 e. The number of amides is 1. The molecule has 7 nitrogen and oxygen atoms in total. The lowest BCUT2D eigenvalue weighted by Crippen LogP contribution is -2.64. The molecule has 2 saturated heterocycles. The van der Waals surface area contributed by atoms with Crippen LogP contribution in [0.1, 0.15) is 0 Å². The quantitative estimate of drug-likeness (QED) is 0.749. The highest BCUT2D eigenvalue weighted by atomic mass is 16.2. The van der Waals surface area contributed by atoms with Crippen molar-refractivity contribution in [3.63, 3.8) is 0 Å². The first-order valence-electron chi connectivity index (χ1n) is 8.96. The van der Waals surface area contributed by atoms with Gasteiger partial charge in [-0.2, -0.15) is 9.61 Å². The summed E-state index contributed by atoms with van der Waals surface area (Å²) >= 11 is 0. The molecule has 2 aliphatic heterocycles. The number of anilines is 1. The largest absolute Gasteiger partial charge is 0.353 e. The molecular weight excluding hydrogens is 328 g/mol. The Balaban J connectivity index is 1.56. The molecule has 1 amide bonds. The Bertz CT molecular complexity index is 953. The number of carbonyl (C=O) groups excluding carboxylic acids is 1. The van der Waals surface area contributed by atoms with Gasteiger partial charge in [-0.05, 0) is 0 Å². The molecule has 0 bridgehead atoms. The Morgan fingerprint density at radius 2 is 1.96 bits per heavy atom. The number of fused-ring (bicyclic) bond motifs is 2. The number of nitrogens with zero attached hydrogens (tertiary/aromatic N) is 5. The molecule has 7 heteroatoms. The van der Waals surface area contributed by atoms with Crippen molar-refractivity contribution in [2.24, 2.45) is 0 Å². The van der Waals surface area contributed by atoms with Crippen molar-refractivity contribution in [1.82, 2.24) is 24.8 Å². The normalized spacial score (nSPS) is 20.8. The summed E-state index contributed by atoms with van der Waals surface area (Å²) < 4.78 is 1.86. The van der Waals surface area contributed by atoms with E-state index >= 15 is 0 Å². The lowest BCUT2D eigenvalue weighted by Gasteiger charge is -2.43. The number of carbonyl (C=O) groups is 1. The first kappa shape index (κ1) is 15.3. The van der Waals surface area contributed by atoms with Crippen molar-refractivity contribution in [2.75, 3.05) is 37.6 Å². The second-order valence-corrected chi connectivity index (χ2v) is 6.76. The second-order valence-electron chi connectivity index (χ2n) is 6.76. The molecule has 26 heavy (non-hydrogen) atoms. The molecule has 5 rings (SSSR count). The van der Waals surface area contributed by atoms with Crippen LogP contribution in [0, 0.1) is 0 Å². The van der Waals surface area contributed by atoms with Crippen molar-refractivity contribution in [1.29, 1.82) is 0 Å². The highest BCUT2D eigenvalue weighted by molar-refractivity contribution is 5.83. The fourth-order valence-electron chi connectivity index (χ4n) is 3.86. The van der Waals surface area contributed by atoms with Crippen LogP contribution in [-0.2, 0) is 4.79 Å². The standard InChI is InChI=1S/C19H20N6O/c26-19-16-13-24(11-10-23(16)9-8-20-19)18-12-15(14-4-2-1-3-5-14)22-17-6-7-21-25(17)18/h1-7,12,16H,8-11,13H2,(H,20,26)/t16-/m1/s1. The second kappa shape index (κ2) is 6.10. The Morgan fingerprint density at radius 3 is 2.85 bits per heavy atom. The summed E-state index contributed by atoms with van der Waals surface area (Å²) in [4.78, 5) is 21.6. The average Bonchev–Trinajstić information content (AvgIpc) is 3.17. The number of aromatic nitrogens is 3. The number of hydrogen-bond acceptors (Lipinski definition) is 5. The lowest BCUT2D eigenvalue weighted by atomic mass is 10.1. The first-order chi connectivity index (χ1) is 12.8. The molecule has 0 saturated carbocycles. The summed E-state index contributed by atoms with van der Waals surface area (Å²) in [5, 5.41) is 7.43. The van der Waals surface area contributed by atoms with E-state index in [1.807, 2.05) is 28.8 Å². The summed E-state index contributed by atoms with van der Waals surface area (Å²) in [6.07, 6.45) is 1.77. The molecule has 2 fully saturated rings. The minimum absolute atomic E-state index is 0.101. The third-order valence-electron chi connectivity index (χ3n) is 5.23. The van der Waals surface area contributed by atoms with Crippen LogP contribution in [-0.4, -0.2) is 64.2 Å². The maximum atomic E-state index is 12.3. The SMILES string of the molecule is O=C1NCCN2CCN(c3cc(-c4ccccc4)nc4ccnn34)C[C@H]12. The van der Waals surface area contributed by atoms with E-state index in [1.54, 1.807) is 6.20 Å².